The second-order valence-electron chi connectivity index (χ2n) is 9.18. The Hall–Kier alpha value is -4.97. The average Bonchev–Trinajstić information content (AvgIpc) is 2.74. The SMILES string of the molecule is CC(C)(C)OC(=O)N[C@@H](CC(=O)O)C(=O)N[C@@H](CC(=O)O)C(=O)N[C@@H](CC(=O)O)C(=O)N[C@@H](CC(=O)O)C(N)=O. The van der Waals surface area contributed by atoms with E-state index in [0.29, 0.717) is 0 Å². The molecule has 0 spiro atoms. The summed E-state index contributed by atoms with van der Waals surface area (Å²) in [4.78, 5) is 106. The van der Waals surface area contributed by atoms with Gasteiger partial charge in [0.25, 0.3) is 0 Å². The fourth-order valence-electron chi connectivity index (χ4n) is 2.82. The predicted molar refractivity (Wildman–Crippen MR) is 127 cm³/mol. The normalized spacial score (nSPS) is 13.8. The minimum absolute atomic E-state index is 0.984. The summed E-state index contributed by atoms with van der Waals surface area (Å²) in [5.41, 5.74) is 3.97. The van der Waals surface area contributed by atoms with Crippen molar-refractivity contribution < 1.29 is 68.3 Å². The molecule has 0 aliphatic carbocycles. The van der Waals surface area contributed by atoms with E-state index in [1.54, 1.807) is 0 Å². The van der Waals surface area contributed by atoms with Crippen molar-refractivity contribution in [3.05, 3.63) is 0 Å². The van der Waals surface area contributed by atoms with Crippen LogP contribution >= 0.6 is 0 Å². The third-order valence-electron chi connectivity index (χ3n) is 4.45. The van der Waals surface area contributed by atoms with Gasteiger partial charge in [0.1, 0.15) is 29.8 Å². The Labute approximate surface area is 225 Å². The van der Waals surface area contributed by atoms with Crippen LogP contribution in [-0.2, 0) is 43.1 Å². The van der Waals surface area contributed by atoms with E-state index in [0.717, 1.165) is 0 Å². The molecule has 0 radical (unpaired) electrons. The second kappa shape index (κ2) is 15.4. The van der Waals surface area contributed by atoms with Gasteiger partial charge in [-0.25, -0.2) is 4.79 Å². The molecule has 0 bridgehead atoms. The van der Waals surface area contributed by atoms with Gasteiger partial charge in [-0.15, -0.1) is 0 Å². The lowest BCUT2D eigenvalue weighted by molar-refractivity contribution is -0.144. The lowest BCUT2D eigenvalue weighted by Crippen LogP contribution is -2.59. The molecule has 10 N–H and O–H groups in total. The van der Waals surface area contributed by atoms with Crippen molar-refractivity contribution in [2.75, 3.05) is 0 Å². The summed E-state index contributed by atoms with van der Waals surface area (Å²) in [6, 6.07) is -7.70. The quantitative estimate of drug-likeness (QED) is 0.0868. The molecule has 0 heterocycles. The fourth-order valence-corrected chi connectivity index (χ4v) is 2.82. The third-order valence-corrected chi connectivity index (χ3v) is 4.45. The number of alkyl carbamates (subject to hydrolysis) is 1. The van der Waals surface area contributed by atoms with E-state index in [1.807, 2.05) is 21.3 Å². The molecule has 0 saturated heterocycles. The van der Waals surface area contributed by atoms with Gasteiger partial charge in [-0.3, -0.25) is 38.4 Å². The Balaban J connectivity index is 5.90. The number of carbonyl (C=O) groups excluding carboxylic acids is 5. The van der Waals surface area contributed by atoms with Gasteiger partial charge in [-0.05, 0) is 20.8 Å². The van der Waals surface area contributed by atoms with Crippen LogP contribution in [0.25, 0.3) is 0 Å². The summed E-state index contributed by atoms with van der Waals surface area (Å²) >= 11 is 0. The molecule has 40 heavy (non-hydrogen) atoms. The van der Waals surface area contributed by atoms with Crippen LogP contribution in [0.4, 0.5) is 4.79 Å². The van der Waals surface area contributed by atoms with Crippen LogP contribution in [0, 0.1) is 0 Å². The molecule has 0 aliphatic heterocycles. The van der Waals surface area contributed by atoms with E-state index in [1.165, 1.54) is 20.8 Å². The van der Waals surface area contributed by atoms with Crippen molar-refractivity contribution in [1.29, 1.82) is 0 Å². The number of nitrogens with one attached hydrogen (secondary N) is 4. The Morgan fingerprint density at radius 2 is 0.850 bits per heavy atom. The van der Waals surface area contributed by atoms with E-state index in [-0.39, 0.29) is 0 Å². The molecular weight excluding hydrogens is 546 g/mol. The maximum atomic E-state index is 12.8. The summed E-state index contributed by atoms with van der Waals surface area (Å²) in [5, 5.41) is 43.8. The maximum Gasteiger partial charge on any atom is 0.408 e. The number of carboxylic acid groups (broad SMARTS) is 4. The first kappa shape index (κ1) is 35.0. The van der Waals surface area contributed by atoms with Gasteiger partial charge in [-0.1, -0.05) is 0 Å². The molecular formula is C21H31N5O14. The lowest BCUT2D eigenvalue weighted by Gasteiger charge is -2.25. The summed E-state index contributed by atoms with van der Waals surface area (Å²) in [5.74, 6) is -11.9. The Bertz CT molecular complexity index is 1040. The number of amides is 5. The van der Waals surface area contributed by atoms with Gasteiger partial charge in [0, 0.05) is 0 Å². The first-order chi connectivity index (χ1) is 18.2. The van der Waals surface area contributed by atoms with Crippen LogP contribution in [-0.4, -0.2) is 104 Å². The summed E-state index contributed by atoms with van der Waals surface area (Å²) in [6.07, 6.45) is -5.49. The average molecular weight is 578 g/mol. The number of nitrogens with two attached hydrogens (primary N) is 1. The zero-order valence-corrected chi connectivity index (χ0v) is 21.6. The molecule has 0 aliphatic rings. The molecule has 19 heteroatoms. The minimum Gasteiger partial charge on any atom is -0.481 e. The molecule has 5 amide bonds. The van der Waals surface area contributed by atoms with E-state index in [9.17, 15) is 43.2 Å². The molecule has 4 atom stereocenters. The number of carboxylic acids is 4. The van der Waals surface area contributed by atoms with Gasteiger partial charge in [0.2, 0.25) is 23.6 Å². The summed E-state index contributed by atoms with van der Waals surface area (Å²) in [7, 11) is 0. The molecule has 0 aromatic carbocycles. The molecule has 0 fully saturated rings. The van der Waals surface area contributed by atoms with Gasteiger partial charge >= 0.3 is 30.0 Å². The van der Waals surface area contributed by atoms with Gasteiger partial charge < -0.3 is 52.2 Å². The fraction of sp³-hybridized carbons (Fsp3) is 0.571. The first-order valence-electron chi connectivity index (χ1n) is 11.3. The third kappa shape index (κ3) is 14.7. The van der Waals surface area contributed by atoms with Gasteiger partial charge in [0.15, 0.2) is 0 Å². The molecule has 0 unspecified atom stereocenters. The minimum atomic E-state index is -2.03. The highest BCUT2D eigenvalue weighted by molar-refractivity contribution is 5.98. The highest BCUT2D eigenvalue weighted by atomic mass is 16.6. The highest BCUT2D eigenvalue weighted by Crippen LogP contribution is 2.08. The molecule has 19 nitrogen and oxygen atoms in total. The van der Waals surface area contributed by atoms with Crippen LogP contribution in [0.5, 0.6) is 0 Å². The maximum absolute atomic E-state index is 12.8. The van der Waals surface area contributed by atoms with Crippen LogP contribution in [0.1, 0.15) is 46.5 Å². The first-order valence-corrected chi connectivity index (χ1v) is 11.3. The van der Waals surface area contributed by atoms with Gasteiger partial charge in [-0.2, -0.15) is 0 Å². The zero-order valence-electron chi connectivity index (χ0n) is 21.6. The monoisotopic (exact) mass is 577 g/mol. The highest BCUT2D eigenvalue weighted by Gasteiger charge is 2.34. The number of aliphatic carboxylic acids is 4. The smallest absolute Gasteiger partial charge is 0.408 e. The molecule has 224 valence electrons. The van der Waals surface area contributed by atoms with Gasteiger partial charge in [0.05, 0.1) is 25.7 Å². The van der Waals surface area contributed by atoms with Crippen LogP contribution in [0.3, 0.4) is 0 Å². The van der Waals surface area contributed by atoms with Crippen LogP contribution < -0.4 is 27.0 Å². The summed E-state index contributed by atoms with van der Waals surface area (Å²) < 4.78 is 4.94. The van der Waals surface area contributed by atoms with Crippen molar-refractivity contribution in [3.63, 3.8) is 0 Å². The molecule has 0 saturated carbocycles. The molecule has 0 rings (SSSR count). The Morgan fingerprint density at radius 1 is 0.575 bits per heavy atom. The van der Waals surface area contributed by atoms with Crippen LogP contribution in [0.15, 0.2) is 0 Å². The number of primary amides is 1. The Morgan fingerprint density at radius 3 is 1.12 bits per heavy atom. The van der Waals surface area contributed by atoms with E-state index >= 15 is 0 Å². The lowest BCUT2D eigenvalue weighted by atomic mass is 10.1. The van der Waals surface area contributed by atoms with Crippen molar-refractivity contribution >= 4 is 53.6 Å². The summed E-state index contributed by atoms with van der Waals surface area (Å²) in [6.45, 7) is 4.43. The largest absolute Gasteiger partial charge is 0.481 e. The van der Waals surface area contributed by atoms with E-state index < -0.39 is 109 Å². The standard InChI is InChI=1S/C21H31N5O14/c1-21(2,3)40-20(39)26-11(7-15(33)34)19(38)25-10(6-14(31)32)18(37)24-9(5-13(29)30)17(36)23-8(16(22)35)4-12(27)28/h8-11H,4-7H2,1-3H3,(H2,22,35)(H,23,36)(H,24,37)(H,25,38)(H,26,39)(H,27,28)(H,29,30)(H,31,32)(H,33,34)/t8-,9-,10-,11-/m0/s1. The van der Waals surface area contributed by atoms with Crippen molar-refractivity contribution in [2.45, 2.75) is 76.2 Å². The topological polar surface area (TPSA) is 318 Å². The zero-order chi connectivity index (χ0) is 31.4. The second-order valence-corrected chi connectivity index (χ2v) is 9.18. The number of ether oxygens (including phenoxy) is 1. The van der Waals surface area contributed by atoms with Crippen molar-refractivity contribution in [1.82, 2.24) is 21.3 Å². The molecule has 0 aromatic heterocycles. The number of rotatable bonds is 16. The Kier molecular flexibility index (Phi) is 13.5. The molecule has 0 aromatic rings. The predicted octanol–water partition coefficient (Wildman–Crippen LogP) is -3.28. The van der Waals surface area contributed by atoms with E-state index in [4.69, 9.17) is 30.9 Å². The van der Waals surface area contributed by atoms with Crippen molar-refractivity contribution in [3.8, 4) is 0 Å². The number of carbonyl (C=O) groups is 9. The number of hydrogen-bond acceptors (Lipinski definition) is 10. The van der Waals surface area contributed by atoms with Crippen molar-refractivity contribution in [2.24, 2.45) is 5.73 Å². The number of hydrogen-bond donors (Lipinski definition) is 9. The van der Waals surface area contributed by atoms with Crippen LogP contribution in [0.2, 0.25) is 0 Å². The van der Waals surface area contributed by atoms with E-state index in [2.05, 4.69) is 0 Å².